The zero-order valence-electron chi connectivity index (χ0n) is 16.7. The number of nitrogens with two attached hydrogens (primary N) is 1. The summed E-state index contributed by atoms with van der Waals surface area (Å²) in [5.41, 5.74) is 6.11. The molecule has 0 aliphatic rings. The Morgan fingerprint density at radius 3 is 2.17 bits per heavy atom. The molecular formula is C22H25N3O4. The summed E-state index contributed by atoms with van der Waals surface area (Å²) in [5, 5.41) is 8.87. The van der Waals surface area contributed by atoms with Crippen LogP contribution in [0.3, 0.4) is 0 Å². The Morgan fingerprint density at radius 1 is 1.03 bits per heavy atom. The third-order valence-corrected chi connectivity index (χ3v) is 4.33. The van der Waals surface area contributed by atoms with E-state index in [0.717, 1.165) is 0 Å². The summed E-state index contributed by atoms with van der Waals surface area (Å²) < 4.78 is 11.2. The fourth-order valence-corrected chi connectivity index (χ4v) is 2.92. The third kappa shape index (κ3) is 5.98. The van der Waals surface area contributed by atoms with Gasteiger partial charge in [-0.1, -0.05) is 32.0 Å². The Labute approximate surface area is 170 Å². The van der Waals surface area contributed by atoms with Crippen molar-refractivity contribution in [2.24, 2.45) is 11.7 Å². The van der Waals surface area contributed by atoms with Crippen LogP contribution in [0.4, 0.5) is 4.79 Å². The van der Waals surface area contributed by atoms with Crippen LogP contribution >= 0.6 is 0 Å². The first-order valence-electron chi connectivity index (χ1n) is 9.31. The Hall–Kier alpha value is -3.53. The third-order valence-electron chi connectivity index (χ3n) is 4.33. The van der Waals surface area contributed by atoms with Crippen LogP contribution in [0.2, 0.25) is 0 Å². The van der Waals surface area contributed by atoms with Crippen LogP contribution in [0.15, 0.2) is 54.6 Å². The van der Waals surface area contributed by atoms with Crippen LogP contribution < -0.4 is 15.2 Å². The minimum Gasteiger partial charge on any atom is -0.491 e. The lowest BCUT2D eigenvalue weighted by atomic mass is 10.0. The van der Waals surface area contributed by atoms with Crippen molar-refractivity contribution >= 4 is 12.0 Å². The number of nitrogens with zero attached hydrogens (tertiary/aromatic N) is 2. The van der Waals surface area contributed by atoms with Gasteiger partial charge in [0.25, 0.3) is 0 Å². The van der Waals surface area contributed by atoms with E-state index in [4.69, 9.17) is 20.5 Å². The molecule has 2 atom stereocenters. The van der Waals surface area contributed by atoms with Crippen LogP contribution in [0.1, 0.15) is 26.3 Å². The molecule has 1 unspecified atom stereocenters. The van der Waals surface area contributed by atoms with Crippen molar-refractivity contribution in [3.05, 3.63) is 60.2 Å². The molecule has 0 aliphatic carbocycles. The molecule has 0 spiro atoms. The second-order valence-electron chi connectivity index (χ2n) is 6.98. The van der Waals surface area contributed by atoms with E-state index in [9.17, 15) is 9.59 Å². The molecule has 0 fully saturated rings. The first kappa shape index (κ1) is 21.8. The van der Waals surface area contributed by atoms with Crippen molar-refractivity contribution in [2.75, 3.05) is 6.61 Å². The molecule has 2 amide bonds. The Bertz CT molecular complexity index is 860. The molecule has 2 N–H and O–H groups in total. The number of hydrogen-bond acceptors (Lipinski definition) is 5. The number of amides is 2. The summed E-state index contributed by atoms with van der Waals surface area (Å²) in [7, 11) is 0. The number of ether oxygens (including phenoxy) is 2. The fourth-order valence-electron chi connectivity index (χ4n) is 2.92. The number of primary amides is 1. The van der Waals surface area contributed by atoms with Crippen LogP contribution in [0, 0.1) is 17.2 Å². The van der Waals surface area contributed by atoms with Gasteiger partial charge >= 0.3 is 6.09 Å². The molecule has 2 aromatic carbocycles. The van der Waals surface area contributed by atoms with Gasteiger partial charge in [-0.05, 0) is 49.2 Å². The molecular weight excluding hydrogens is 370 g/mol. The monoisotopic (exact) mass is 395 g/mol. The number of para-hydroxylation sites is 1. The summed E-state index contributed by atoms with van der Waals surface area (Å²) in [4.78, 5) is 26.3. The summed E-state index contributed by atoms with van der Waals surface area (Å²) in [5.74, 6) is 0.0884. The lowest BCUT2D eigenvalue weighted by molar-refractivity contribution is -0.125. The van der Waals surface area contributed by atoms with Crippen molar-refractivity contribution in [2.45, 2.75) is 32.9 Å². The van der Waals surface area contributed by atoms with Gasteiger partial charge in [-0.25, -0.2) is 4.79 Å². The topological polar surface area (TPSA) is 106 Å². The maximum atomic E-state index is 12.9. The normalized spacial score (nSPS) is 12.5. The predicted octanol–water partition coefficient (Wildman–Crippen LogP) is 3.34. The Morgan fingerprint density at radius 2 is 1.66 bits per heavy atom. The molecule has 0 aromatic heterocycles. The van der Waals surface area contributed by atoms with Crippen molar-refractivity contribution < 1.29 is 19.1 Å². The molecule has 0 bridgehead atoms. The first-order chi connectivity index (χ1) is 13.8. The maximum absolute atomic E-state index is 12.9. The number of rotatable bonds is 8. The van der Waals surface area contributed by atoms with Gasteiger partial charge in [-0.3, -0.25) is 9.69 Å². The Balaban J connectivity index is 2.19. The highest BCUT2D eigenvalue weighted by Gasteiger charge is 2.36. The van der Waals surface area contributed by atoms with E-state index in [1.54, 1.807) is 55.5 Å². The second kappa shape index (κ2) is 10.1. The van der Waals surface area contributed by atoms with Gasteiger partial charge in [0.15, 0.2) is 0 Å². The Kier molecular flexibility index (Phi) is 7.61. The van der Waals surface area contributed by atoms with E-state index in [0.29, 0.717) is 17.1 Å². The van der Waals surface area contributed by atoms with E-state index in [1.165, 1.54) is 4.90 Å². The minimum absolute atomic E-state index is 0.117. The van der Waals surface area contributed by atoms with Gasteiger partial charge < -0.3 is 15.2 Å². The van der Waals surface area contributed by atoms with Gasteiger partial charge in [0, 0.05) is 0 Å². The number of hydrogen-bond donors (Lipinski definition) is 1. The van der Waals surface area contributed by atoms with Crippen LogP contribution in [0.5, 0.6) is 11.5 Å². The highest BCUT2D eigenvalue weighted by Crippen LogP contribution is 2.20. The molecule has 2 rings (SSSR count). The van der Waals surface area contributed by atoms with E-state index in [1.807, 2.05) is 26.0 Å². The van der Waals surface area contributed by atoms with Gasteiger partial charge in [-0.15, -0.1) is 0 Å². The maximum Gasteiger partial charge on any atom is 0.416 e. The lowest BCUT2D eigenvalue weighted by Gasteiger charge is -2.35. The summed E-state index contributed by atoms with van der Waals surface area (Å²) in [6, 6.07) is 15.9. The largest absolute Gasteiger partial charge is 0.491 e. The highest BCUT2D eigenvalue weighted by atomic mass is 16.6. The average molecular weight is 395 g/mol. The molecule has 152 valence electrons. The molecule has 7 heteroatoms. The number of carbonyl (C=O) groups excluding carboxylic acids is 2. The predicted molar refractivity (Wildman–Crippen MR) is 108 cm³/mol. The molecule has 0 radical (unpaired) electrons. The van der Waals surface area contributed by atoms with Gasteiger partial charge in [0.2, 0.25) is 5.91 Å². The molecule has 0 aliphatic heterocycles. The number of nitriles is 1. The van der Waals surface area contributed by atoms with Crippen molar-refractivity contribution in [1.82, 2.24) is 4.90 Å². The average Bonchev–Trinajstić information content (AvgIpc) is 2.70. The highest BCUT2D eigenvalue weighted by molar-refractivity contribution is 5.85. The van der Waals surface area contributed by atoms with Gasteiger partial charge in [0.05, 0.1) is 17.7 Å². The van der Waals surface area contributed by atoms with Crippen LogP contribution in [-0.4, -0.2) is 35.6 Å². The van der Waals surface area contributed by atoms with Crippen molar-refractivity contribution in [3.8, 4) is 17.6 Å². The fraction of sp³-hybridized carbons (Fsp3) is 0.318. The zero-order chi connectivity index (χ0) is 21.4. The van der Waals surface area contributed by atoms with E-state index in [-0.39, 0.29) is 12.5 Å². The summed E-state index contributed by atoms with van der Waals surface area (Å²) >= 11 is 0. The van der Waals surface area contributed by atoms with Crippen LogP contribution in [0.25, 0.3) is 0 Å². The summed E-state index contributed by atoms with van der Waals surface area (Å²) in [6.45, 7) is 5.50. The molecule has 0 saturated heterocycles. The van der Waals surface area contributed by atoms with E-state index in [2.05, 4.69) is 0 Å². The molecule has 0 saturated carbocycles. The minimum atomic E-state index is -0.856. The second-order valence-corrected chi connectivity index (χ2v) is 6.98. The van der Waals surface area contributed by atoms with Crippen molar-refractivity contribution in [3.63, 3.8) is 0 Å². The lowest BCUT2D eigenvalue weighted by Crippen LogP contribution is -2.56. The molecule has 7 nitrogen and oxygen atoms in total. The number of benzene rings is 2. The van der Waals surface area contributed by atoms with E-state index >= 15 is 0 Å². The molecule has 0 heterocycles. The SMILES string of the molecule is CC(C)[C@@H](C(N)=O)N(C(=O)Oc1ccccc1)C(C)COc1ccc(C#N)cc1. The van der Waals surface area contributed by atoms with Crippen molar-refractivity contribution in [1.29, 1.82) is 5.26 Å². The van der Waals surface area contributed by atoms with Gasteiger partial charge in [0.1, 0.15) is 24.1 Å². The first-order valence-corrected chi connectivity index (χ1v) is 9.31. The van der Waals surface area contributed by atoms with Gasteiger partial charge in [-0.2, -0.15) is 5.26 Å². The zero-order valence-corrected chi connectivity index (χ0v) is 16.7. The van der Waals surface area contributed by atoms with E-state index < -0.39 is 24.1 Å². The molecule has 29 heavy (non-hydrogen) atoms. The summed E-state index contributed by atoms with van der Waals surface area (Å²) in [6.07, 6.45) is -0.676. The number of carbonyl (C=O) groups is 2. The quantitative estimate of drug-likeness (QED) is 0.738. The smallest absolute Gasteiger partial charge is 0.416 e. The standard InChI is InChI=1S/C22H25N3O4/c1-15(2)20(21(24)26)25(22(27)29-19-7-5-4-6-8-19)16(3)14-28-18-11-9-17(13-23)10-12-18/h4-12,15-16,20H,14H2,1-3H3,(H2,24,26)/t16?,20-/m0/s1. The molecule has 2 aromatic rings. The van der Waals surface area contributed by atoms with Crippen LogP contribution in [-0.2, 0) is 4.79 Å².